The molecular weight excluding hydrogens is 377 g/mol. The lowest BCUT2D eigenvalue weighted by molar-refractivity contribution is 0.414. The Morgan fingerprint density at radius 1 is 1.13 bits per heavy atom. The first-order valence-electron chi connectivity index (χ1n) is 6.67. The number of halogens is 2. The van der Waals surface area contributed by atoms with E-state index in [1.165, 1.54) is 19.2 Å². The minimum Gasteiger partial charge on any atom is -0.495 e. The number of benzene rings is 2. The molecule has 0 fully saturated rings. The van der Waals surface area contributed by atoms with Crippen LogP contribution in [0.5, 0.6) is 5.75 Å². The molecule has 124 valence electrons. The Hall–Kier alpha value is -1.08. The lowest BCUT2D eigenvalue weighted by Crippen LogP contribution is -2.14. The van der Waals surface area contributed by atoms with Crippen molar-refractivity contribution in [2.45, 2.75) is 16.7 Å². The van der Waals surface area contributed by atoms with E-state index in [1.807, 2.05) is 19.1 Å². The first kappa shape index (κ1) is 18.3. The van der Waals surface area contributed by atoms with Gasteiger partial charge in [0.25, 0.3) is 10.0 Å². The van der Waals surface area contributed by atoms with Crippen LogP contribution in [0.3, 0.4) is 0 Å². The fourth-order valence-electron chi connectivity index (χ4n) is 1.91. The Bertz CT molecular complexity index is 810. The molecule has 0 aliphatic carbocycles. The van der Waals surface area contributed by atoms with Crippen LogP contribution in [0.1, 0.15) is 6.92 Å². The van der Waals surface area contributed by atoms with Gasteiger partial charge in [-0.1, -0.05) is 42.3 Å². The number of methoxy groups -OCH3 is 1. The average Bonchev–Trinajstić information content (AvgIpc) is 2.51. The molecule has 0 aliphatic rings. The smallest absolute Gasteiger partial charge is 0.263 e. The summed E-state index contributed by atoms with van der Waals surface area (Å²) in [5.41, 5.74) is 0.502. The maximum Gasteiger partial charge on any atom is 0.263 e. The zero-order chi connectivity index (χ0) is 17.0. The highest BCUT2D eigenvalue weighted by molar-refractivity contribution is 7.99. The lowest BCUT2D eigenvalue weighted by atomic mass is 10.3. The van der Waals surface area contributed by atoms with Crippen molar-refractivity contribution in [3.63, 3.8) is 0 Å². The highest BCUT2D eigenvalue weighted by atomic mass is 35.5. The summed E-state index contributed by atoms with van der Waals surface area (Å²) >= 11 is 13.7. The highest BCUT2D eigenvalue weighted by Crippen LogP contribution is 2.37. The minimum atomic E-state index is -3.87. The van der Waals surface area contributed by atoms with Crippen LogP contribution in [0.25, 0.3) is 0 Å². The molecule has 0 saturated carbocycles. The van der Waals surface area contributed by atoms with E-state index < -0.39 is 10.0 Å². The van der Waals surface area contributed by atoms with Gasteiger partial charge in [-0.3, -0.25) is 4.72 Å². The third kappa shape index (κ3) is 4.07. The molecule has 0 amide bonds. The first-order valence-corrected chi connectivity index (χ1v) is 9.89. The SMILES string of the molecule is CCSc1ccccc1NS(=O)(=O)c1ccc(OC)c(Cl)c1Cl. The van der Waals surface area contributed by atoms with E-state index in [4.69, 9.17) is 27.9 Å². The Morgan fingerprint density at radius 2 is 1.83 bits per heavy atom. The van der Waals surface area contributed by atoms with Gasteiger partial charge in [0.15, 0.2) is 0 Å². The first-order chi connectivity index (χ1) is 10.9. The van der Waals surface area contributed by atoms with Gasteiger partial charge in [-0.25, -0.2) is 8.42 Å². The second-order valence-electron chi connectivity index (χ2n) is 4.43. The number of rotatable bonds is 6. The second-order valence-corrected chi connectivity index (χ2v) is 8.14. The molecule has 0 aromatic heterocycles. The van der Waals surface area contributed by atoms with Gasteiger partial charge in [0.05, 0.1) is 17.8 Å². The molecule has 0 aliphatic heterocycles. The van der Waals surface area contributed by atoms with E-state index in [2.05, 4.69) is 4.72 Å². The van der Waals surface area contributed by atoms with Gasteiger partial charge in [0.1, 0.15) is 15.7 Å². The van der Waals surface area contributed by atoms with Crippen molar-refractivity contribution in [1.29, 1.82) is 0 Å². The number of para-hydroxylation sites is 1. The highest BCUT2D eigenvalue weighted by Gasteiger charge is 2.22. The van der Waals surface area contributed by atoms with E-state index in [9.17, 15) is 8.42 Å². The van der Waals surface area contributed by atoms with Gasteiger partial charge in [0, 0.05) is 4.90 Å². The number of nitrogens with one attached hydrogen (secondary N) is 1. The van der Waals surface area contributed by atoms with Crippen LogP contribution >= 0.6 is 35.0 Å². The van der Waals surface area contributed by atoms with Crippen molar-refractivity contribution in [3.8, 4) is 5.75 Å². The summed E-state index contributed by atoms with van der Waals surface area (Å²) in [6, 6.07) is 10.0. The molecule has 0 heterocycles. The van der Waals surface area contributed by atoms with Gasteiger partial charge >= 0.3 is 0 Å². The summed E-state index contributed by atoms with van der Waals surface area (Å²) in [5, 5.41) is -0.00703. The van der Waals surface area contributed by atoms with Crippen LogP contribution in [0, 0.1) is 0 Å². The Morgan fingerprint density at radius 3 is 2.48 bits per heavy atom. The quantitative estimate of drug-likeness (QED) is 0.710. The summed E-state index contributed by atoms with van der Waals surface area (Å²) < 4.78 is 32.8. The van der Waals surface area contributed by atoms with Crippen molar-refractivity contribution in [2.24, 2.45) is 0 Å². The zero-order valence-corrected chi connectivity index (χ0v) is 15.6. The summed E-state index contributed by atoms with van der Waals surface area (Å²) in [6.07, 6.45) is 0. The normalized spacial score (nSPS) is 11.3. The van der Waals surface area contributed by atoms with Crippen LogP contribution < -0.4 is 9.46 Å². The van der Waals surface area contributed by atoms with E-state index in [1.54, 1.807) is 23.9 Å². The molecule has 8 heteroatoms. The number of sulfonamides is 1. The van der Waals surface area contributed by atoms with Crippen LogP contribution in [-0.2, 0) is 10.0 Å². The fraction of sp³-hybridized carbons (Fsp3) is 0.200. The largest absolute Gasteiger partial charge is 0.495 e. The number of hydrogen-bond donors (Lipinski definition) is 1. The van der Waals surface area contributed by atoms with Crippen molar-refractivity contribution in [2.75, 3.05) is 17.6 Å². The summed E-state index contributed by atoms with van der Waals surface area (Å²) in [6.45, 7) is 2.00. The molecule has 2 aromatic rings. The van der Waals surface area contributed by atoms with Crippen LogP contribution in [0.15, 0.2) is 46.2 Å². The second kappa shape index (κ2) is 7.66. The minimum absolute atomic E-state index is 0.0632. The summed E-state index contributed by atoms with van der Waals surface area (Å²) in [4.78, 5) is 0.746. The van der Waals surface area contributed by atoms with Gasteiger partial charge in [-0.15, -0.1) is 11.8 Å². The molecule has 0 saturated heterocycles. The molecule has 0 bridgehead atoms. The topological polar surface area (TPSA) is 55.4 Å². The van der Waals surface area contributed by atoms with E-state index in [-0.39, 0.29) is 14.9 Å². The van der Waals surface area contributed by atoms with Gasteiger partial charge in [-0.2, -0.15) is 0 Å². The summed E-state index contributed by atoms with van der Waals surface area (Å²) in [5.74, 6) is 1.14. The van der Waals surface area contributed by atoms with Crippen LogP contribution in [0.2, 0.25) is 10.0 Å². The number of thioether (sulfide) groups is 1. The van der Waals surface area contributed by atoms with Gasteiger partial charge < -0.3 is 4.74 Å². The Labute approximate surface area is 150 Å². The standard InChI is InChI=1S/C15H15Cl2NO3S2/c1-3-22-12-7-5-4-6-10(12)18-23(19,20)13-9-8-11(21-2)14(16)15(13)17/h4-9,18H,3H2,1-2H3. The van der Waals surface area contributed by atoms with Gasteiger partial charge in [0.2, 0.25) is 0 Å². The average molecular weight is 392 g/mol. The third-order valence-electron chi connectivity index (χ3n) is 2.95. The molecule has 1 N–H and O–H groups in total. The maximum absolute atomic E-state index is 12.6. The van der Waals surface area contributed by atoms with Crippen LogP contribution in [0.4, 0.5) is 5.69 Å². The predicted octanol–water partition coefficient (Wildman–Crippen LogP) is 4.91. The number of ether oxygens (including phenoxy) is 1. The molecule has 4 nitrogen and oxygen atoms in total. The monoisotopic (exact) mass is 391 g/mol. The fourth-order valence-corrected chi connectivity index (χ4v) is 4.66. The molecule has 0 unspecified atom stereocenters. The van der Waals surface area contributed by atoms with Crippen molar-refractivity contribution >= 4 is 50.7 Å². The Kier molecular flexibility index (Phi) is 6.08. The van der Waals surface area contributed by atoms with Crippen LogP contribution in [-0.4, -0.2) is 21.3 Å². The molecular formula is C15H15Cl2NO3S2. The number of hydrogen-bond acceptors (Lipinski definition) is 4. The molecule has 0 spiro atoms. The lowest BCUT2D eigenvalue weighted by Gasteiger charge is -2.14. The zero-order valence-electron chi connectivity index (χ0n) is 12.5. The van der Waals surface area contributed by atoms with E-state index in [0.29, 0.717) is 11.4 Å². The molecule has 0 radical (unpaired) electrons. The maximum atomic E-state index is 12.6. The molecule has 23 heavy (non-hydrogen) atoms. The number of anilines is 1. The summed E-state index contributed by atoms with van der Waals surface area (Å²) in [7, 11) is -2.43. The van der Waals surface area contributed by atoms with E-state index in [0.717, 1.165) is 10.6 Å². The molecule has 2 aromatic carbocycles. The van der Waals surface area contributed by atoms with Gasteiger partial charge in [-0.05, 0) is 30.0 Å². The van der Waals surface area contributed by atoms with Crippen molar-refractivity contribution < 1.29 is 13.2 Å². The molecule has 2 rings (SSSR count). The Balaban J connectivity index is 2.43. The van der Waals surface area contributed by atoms with Crippen molar-refractivity contribution in [3.05, 3.63) is 46.4 Å². The third-order valence-corrected chi connectivity index (χ3v) is 6.29. The van der Waals surface area contributed by atoms with E-state index >= 15 is 0 Å². The van der Waals surface area contributed by atoms with Crippen molar-refractivity contribution in [1.82, 2.24) is 0 Å². The predicted molar refractivity (Wildman–Crippen MR) is 96.7 cm³/mol. The molecule has 0 atom stereocenters.